The van der Waals surface area contributed by atoms with E-state index in [2.05, 4.69) is 13.4 Å². The smallest absolute Gasteiger partial charge is 0.394 e. The van der Waals surface area contributed by atoms with Crippen LogP contribution in [0.3, 0.4) is 0 Å². The van der Waals surface area contributed by atoms with Gasteiger partial charge < -0.3 is 44.8 Å². The van der Waals surface area contributed by atoms with Gasteiger partial charge in [-0.25, -0.2) is 13.9 Å². The van der Waals surface area contributed by atoms with Crippen LogP contribution >= 0.6 is 15.6 Å². The van der Waals surface area contributed by atoms with E-state index in [4.69, 9.17) is 14.6 Å². The van der Waals surface area contributed by atoms with Gasteiger partial charge in [-0.3, -0.25) is 23.4 Å². The summed E-state index contributed by atoms with van der Waals surface area (Å²) in [6.45, 7) is -1.73. The van der Waals surface area contributed by atoms with E-state index in [1.807, 2.05) is 4.98 Å². The van der Waals surface area contributed by atoms with Crippen LogP contribution in [-0.2, 0) is 32.0 Å². The van der Waals surface area contributed by atoms with Crippen LogP contribution in [0.5, 0.6) is 0 Å². The number of ether oxygens (including phenoxy) is 2. The van der Waals surface area contributed by atoms with Crippen LogP contribution in [0.1, 0.15) is 12.6 Å². The molecule has 8 N–H and O–H groups in total. The van der Waals surface area contributed by atoms with E-state index >= 15 is 0 Å². The Morgan fingerprint density at radius 1 is 1.03 bits per heavy atom. The Kier molecular flexibility index (Phi) is 8.84. The molecule has 0 radical (unpaired) electrons. The molecule has 35 heavy (non-hydrogen) atoms. The maximum atomic E-state index is 12.1. The molecule has 0 aromatic carbocycles. The molecule has 0 bridgehead atoms. The van der Waals surface area contributed by atoms with Gasteiger partial charge in [-0.15, -0.1) is 0 Å². The van der Waals surface area contributed by atoms with Crippen molar-refractivity contribution >= 4 is 15.6 Å². The number of aromatic amines is 1. The van der Waals surface area contributed by atoms with E-state index in [0.717, 1.165) is 16.8 Å². The second kappa shape index (κ2) is 11.0. The number of nitrogens with zero attached hydrogens (tertiary/aromatic N) is 1. The summed E-state index contributed by atoms with van der Waals surface area (Å²) in [6.07, 6.45) is -12.3. The second-order valence-corrected chi connectivity index (χ2v) is 10.6. The van der Waals surface area contributed by atoms with Crippen LogP contribution in [-0.4, -0.2) is 101 Å². The minimum Gasteiger partial charge on any atom is -0.394 e. The lowest BCUT2D eigenvalue weighted by atomic mass is 10.00. The highest BCUT2D eigenvalue weighted by Crippen LogP contribution is 2.61. The Morgan fingerprint density at radius 3 is 2.34 bits per heavy atom. The maximum Gasteiger partial charge on any atom is 0.483 e. The summed E-state index contributed by atoms with van der Waals surface area (Å²) < 4.78 is 48.5. The number of phosphoric ester groups is 2. The molecule has 0 aliphatic carbocycles. The monoisotopic (exact) mass is 550 g/mol. The minimum absolute atomic E-state index is 0.171. The molecule has 2 aliphatic rings. The van der Waals surface area contributed by atoms with Gasteiger partial charge in [0.05, 0.1) is 19.3 Å². The van der Waals surface area contributed by atoms with Gasteiger partial charge in [-0.1, -0.05) is 0 Å². The van der Waals surface area contributed by atoms with Crippen molar-refractivity contribution in [2.24, 2.45) is 0 Å². The predicted octanol–water partition coefficient (Wildman–Crippen LogP) is -3.76. The standard InChI is InChI=1S/C15H24N2O16P2/c18-4-7-11(21)12(22)13(23)14(31-7)32-35(27,28)33-34(25,26)29-5-8-6(19)3-10(30-8)17-2-1-9(20)16-15(17)24/h1-2,6-8,10-14,18-19,21-23H,3-5H2,(H,25,26)(H,27,28)(H,16,20,24)/t6-,7+,8+,10?,11-,12+,13-,14?/m0/s1. The second-order valence-electron chi connectivity index (χ2n) is 7.57. The van der Waals surface area contributed by atoms with Crippen LogP contribution in [0.4, 0.5) is 0 Å². The van der Waals surface area contributed by atoms with Gasteiger partial charge in [0, 0.05) is 18.7 Å². The fourth-order valence-electron chi connectivity index (χ4n) is 3.32. The Bertz CT molecular complexity index is 1090. The average molecular weight is 550 g/mol. The predicted molar refractivity (Wildman–Crippen MR) is 107 cm³/mol. The van der Waals surface area contributed by atoms with Gasteiger partial charge >= 0.3 is 21.3 Å². The van der Waals surface area contributed by atoms with Crippen LogP contribution < -0.4 is 11.2 Å². The SMILES string of the molecule is O=c1ccn(C2C[C@H](O)[C@@H](COP(=O)(O)OP(=O)(O)OC3O[C@H](CO)[C@H](O)[C@@H](O)[C@@H]3O)O2)c(=O)[nH]1. The molecular weight excluding hydrogens is 526 g/mol. The molecule has 0 saturated carbocycles. The molecule has 2 saturated heterocycles. The maximum absolute atomic E-state index is 12.1. The first kappa shape index (κ1) is 28.2. The summed E-state index contributed by atoms with van der Waals surface area (Å²) in [5.74, 6) is 0. The van der Waals surface area contributed by atoms with Gasteiger partial charge in [0.15, 0.2) is 6.29 Å². The van der Waals surface area contributed by atoms with Crippen molar-refractivity contribution in [2.45, 2.75) is 55.6 Å². The summed E-state index contributed by atoms with van der Waals surface area (Å²) in [5.41, 5.74) is -1.50. The van der Waals surface area contributed by atoms with Crippen molar-refractivity contribution in [2.75, 3.05) is 13.2 Å². The molecule has 200 valence electrons. The minimum atomic E-state index is -5.53. The highest BCUT2D eigenvalue weighted by atomic mass is 31.3. The number of nitrogens with one attached hydrogen (secondary N) is 1. The molecule has 2 aliphatic heterocycles. The summed E-state index contributed by atoms with van der Waals surface area (Å²) in [5, 5.41) is 48.4. The summed E-state index contributed by atoms with van der Waals surface area (Å²) in [7, 11) is -10.9. The number of aliphatic hydroxyl groups is 5. The number of hydrogen-bond donors (Lipinski definition) is 8. The van der Waals surface area contributed by atoms with Gasteiger partial charge in [0.2, 0.25) is 0 Å². The van der Waals surface area contributed by atoms with Gasteiger partial charge in [0.1, 0.15) is 36.7 Å². The molecule has 10 atom stereocenters. The van der Waals surface area contributed by atoms with Crippen LogP contribution in [0.15, 0.2) is 21.9 Å². The molecule has 1 aromatic heterocycles. The summed E-state index contributed by atoms with van der Waals surface area (Å²) in [6, 6.07) is 1.03. The van der Waals surface area contributed by atoms with Gasteiger partial charge in [-0.05, 0) is 0 Å². The fourth-order valence-corrected chi connectivity index (χ4v) is 5.47. The van der Waals surface area contributed by atoms with Gasteiger partial charge in [-0.2, -0.15) is 4.31 Å². The molecule has 2 fully saturated rings. The third-order valence-corrected chi connectivity index (χ3v) is 7.66. The van der Waals surface area contributed by atoms with Crippen LogP contribution in [0.25, 0.3) is 0 Å². The number of aliphatic hydroxyl groups excluding tert-OH is 5. The van der Waals surface area contributed by atoms with E-state index < -0.39 is 89.2 Å². The molecule has 3 rings (SSSR count). The third kappa shape index (κ3) is 6.91. The topological polar surface area (TPSA) is 277 Å². The first-order chi connectivity index (χ1) is 16.2. The Balaban J connectivity index is 1.58. The molecule has 0 amide bonds. The van der Waals surface area contributed by atoms with Crippen LogP contribution in [0, 0.1) is 0 Å². The van der Waals surface area contributed by atoms with Crippen molar-refractivity contribution in [3.8, 4) is 0 Å². The van der Waals surface area contributed by atoms with Crippen molar-refractivity contribution in [3.05, 3.63) is 33.1 Å². The fraction of sp³-hybridized carbons (Fsp3) is 0.733. The Morgan fingerprint density at radius 2 is 1.71 bits per heavy atom. The molecule has 3 heterocycles. The number of hydrogen-bond acceptors (Lipinski definition) is 14. The lowest BCUT2D eigenvalue weighted by Gasteiger charge is -2.39. The average Bonchev–Trinajstić information content (AvgIpc) is 3.12. The quantitative estimate of drug-likeness (QED) is 0.137. The zero-order valence-corrected chi connectivity index (χ0v) is 19.3. The molecule has 18 nitrogen and oxygen atoms in total. The van der Waals surface area contributed by atoms with E-state index in [-0.39, 0.29) is 6.42 Å². The molecular formula is C15H24N2O16P2. The summed E-state index contributed by atoms with van der Waals surface area (Å²) >= 11 is 0. The Labute approximate surface area is 195 Å². The molecule has 1 aromatic rings. The van der Waals surface area contributed by atoms with Crippen molar-refractivity contribution in [1.82, 2.24) is 9.55 Å². The third-order valence-electron chi connectivity index (χ3n) is 5.06. The largest absolute Gasteiger partial charge is 0.483 e. The van der Waals surface area contributed by atoms with E-state index in [0.29, 0.717) is 0 Å². The lowest BCUT2D eigenvalue weighted by Crippen LogP contribution is -2.58. The van der Waals surface area contributed by atoms with E-state index in [1.165, 1.54) is 0 Å². The Hall–Kier alpha value is -1.34. The molecule has 0 spiro atoms. The highest BCUT2D eigenvalue weighted by molar-refractivity contribution is 7.61. The van der Waals surface area contributed by atoms with Gasteiger partial charge in [0.25, 0.3) is 5.56 Å². The number of H-pyrrole nitrogens is 1. The van der Waals surface area contributed by atoms with Crippen molar-refractivity contribution in [3.63, 3.8) is 0 Å². The highest BCUT2D eigenvalue weighted by Gasteiger charge is 2.48. The number of aromatic nitrogens is 2. The van der Waals surface area contributed by atoms with Crippen molar-refractivity contribution < 1.29 is 67.3 Å². The van der Waals surface area contributed by atoms with E-state index in [1.54, 1.807) is 0 Å². The number of phosphoric acid groups is 2. The normalized spacial score (nSPS) is 37.0. The first-order valence-corrected chi connectivity index (χ1v) is 12.9. The number of rotatable bonds is 9. The lowest BCUT2D eigenvalue weighted by molar-refractivity contribution is -0.280. The zero-order chi connectivity index (χ0) is 26.1. The summed E-state index contributed by atoms with van der Waals surface area (Å²) in [4.78, 5) is 44.5. The molecule has 4 unspecified atom stereocenters. The zero-order valence-electron chi connectivity index (χ0n) is 17.5. The van der Waals surface area contributed by atoms with Crippen LogP contribution in [0.2, 0.25) is 0 Å². The molecule has 20 heteroatoms. The first-order valence-electron chi connectivity index (χ1n) is 9.88. The van der Waals surface area contributed by atoms with Crippen molar-refractivity contribution in [1.29, 1.82) is 0 Å². The van der Waals surface area contributed by atoms with E-state index in [9.17, 15) is 48.9 Å².